The van der Waals surface area contributed by atoms with Crippen LogP contribution < -0.4 is 20.4 Å². The average molecular weight is 464 g/mol. The molecule has 4 rings (SSSR count). The molecule has 0 spiro atoms. The Balaban J connectivity index is 1.32. The van der Waals surface area contributed by atoms with Crippen LogP contribution in [0, 0.1) is 5.82 Å². The van der Waals surface area contributed by atoms with Crippen LogP contribution in [0.2, 0.25) is 0 Å². The predicted molar refractivity (Wildman–Crippen MR) is 124 cm³/mol. The molecule has 3 fully saturated rings. The van der Waals surface area contributed by atoms with Gasteiger partial charge in [-0.05, 0) is 43.3 Å². The number of piperazine rings is 1. The van der Waals surface area contributed by atoms with Crippen LogP contribution in [0.4, 0.5) is 20.6 Å². The topological polar surface area (TPSA) is 77.2 Å². The fraction of sp³-hybridized carbons (Fsp3) is 0.591. The lowest BCUT2D eigenvalue weighted by Gasteiger charge is -2.38. The molecule has 1 saturated carbocycles. The third-order valence-electron chi connectivity index (χ3n) is 6.29. The Bertz CT molecular complexity index is 871. The minimum Gasteiger partial charge on any atom is -0.442 e. The van der Waals surface area contributed by atoms with Crippen molar-refractivity contribution in [2.45, 2.75) is 44.8 Å². The number of carbonyl (C=O) groups is 2. The Hall–Kier alpha value is -2.62. The van der Waals surface area contributed by atoms with Gasteiger partial charge < -0.3 is 25.2 Å². The minimum atomic E-state index is -0.538. The van der Waals surface area contributed by atoms with Crippen LogP contribution in [-0.4, -0.2) is 73.4 Å². The van der Waals surface area contributed by atoms with Gasteiger partial charge in [-0.25, -0.2) is 9.18 Å². The maximum atomic E-state index is 15.0. The molecule has 10 heteroatoms. The number of anilines is 2. The van der Waals surface area contributed by atoms with Crippen molar-refractivity contribution < 1.29 is 18.7 Å². The van der Waals surface area contributed by atoms with Gasteiger partial charge in [0, 0.05) is 39.1 Å². The summed E-state index contributed by atoms with van der Waals surface area (Å²) in [6, 6.07) is 5.31. The third kappa shape index (κ3) is 5.23. The van der Waals surface area contributed by atoms with E-state index in [9.17, 15) is 14.0 Å². The molecule has 0 radical (unpaired) electrons. The summed E-state index contributed by atoms with van der Waals surface area (Å²) in [5, 5.41) is 6.90. The van der Waals surface area contributed by atoms with E-state index in [0.717, 1.165) is 18.2 Å². The summed E-state index contributed by atoms with van der Waals surface area (Å²) < 4.78 is 20.2. The molecule has 2 amide bonds. The smallest absolute Gasteiger partial charge is 0.414 e. The molecule has 2 heterocycles. The van der Waals surface area contributed by atoms with E-state index in [1.165, 1.54) is 43.6 Å². The van der Waals surface area contributed by atoms with E-state index < -0.39 is 12.2 Å². The van der Waals surface area contributed by atoms with Gasteiger partial charge in [0.15, 0.2) is 5.11 Å². The second-order valence-electron chi connectivity index (χ2n) is 8.59. The molecule has 1 aliphatic carbocycles. The minimum absolute atomic E-state index is 0.190. The zero-order valence-corrected chi connectivity index (χ0v) is 19.1. The van der Waals surface area contributed by atoms with Gasteiger partial charge in [-0.2, -0.15) is 0 Å². The average Bonchev–Trinajstić information content (AvgIpc) is 3.41. The van der Waals surface area contributed by atoms with E-state index in [0.29, 0.717) is 30.5 Å². The van der Waals surface area contributed by atoms with Crippen LogP contribution in [0.5, 0.6) is 0 Å². The molecule has 32 heavy (non-hydrogen) atoms. The normalized spacial score (nSPS) is 21.6. The van der Waals surface area contributed by atoms with Crippen LogP contribution in [0.15, 0.2) is 18.2 Å². The first kappa shape index (κ1) is 22.6. The van der Waals surface area contributed by atoms with Crippen molar-refractivity contribution in [1.82, 2.24) is 15.5 Å². The van der Waals surface area contributed by atoms with E-state index in [-0.39, 0.29) is 24.8 Å². The van der Waals surface area contributed by atoms with Crippen molar-refractivity contribution in [3.8, 4) is 0 Å². The lowest BCUT2D eigenvalue weighted by Crippen LogP contribution is -2.53. The highest BCUT2D eigenvalue weighted by Crippen LogP contribution is 2.28. The largest absolute Gasteiger partial charge is 0.442 e. The number of ether oxygens (including phenoxy) is 1. The van der Waals surface area contributed by atoms with E-state index in [1.807, 2.05) is 4.90 Å². The molecule has 2 N–H and O–H groups in total. The van der Waals surface area contributed by atoms with Crippen LogP contribution >= 0.6 is 12.2 Å². The SMILES string of the molecule is CC(=O)NC[C@H]1CN(c2ccc(N3CCN(C(=S)NC4CCCC4)CC3)c(F)c2)C(=O)O1. The summed E-state index contributed by atoms with van der Waals surface area (Å²) in [6.07, 6.45) is 3.88. The van der Waals surface area contributed by atoms with Crippen molar-refractivity contribution in [2.24, 2.45) is 0 Å². The molecule has 3 aliphatic rings. The number of halogens is 1. The standard InChI is InChI=1S/C22H30FN5O3S/c1-15(29)24-13-18-14-28(22(30)31-18)17-6-7-20(19(23)12-17)26-8-10-27(11-9-26)21(32)25-16-4-2-3-5-16/h6-7,12,16,18H,2-5,8-11,13-14H2,1H3,(H,24,29)(H,25,32)/t18-/m0/s1. The maximum absolute atomic E-state index is 15.0. The zero-order chi connectivity index (χ0) is 22.7. The van der Waals surface area contributed by atoms with Gasteiger partial charge in [-0.15, -0.1) is 0 Å². The Morgan fingerprint density at radius 1 is 1.22 bits per heavy atom. The van der Waals surface area contributed by atoms with Gasteiger partial charge in [0.05, 0.1) is 24.5 Å². The Labute approximate surface area is 193 Å². The van der Waals surface area contributed by atoms with Crippen molar-refractivity contribution in [3.63, 3.8) is 0 Å². The highest BCUT2D eigenvalue weighted by Gasteiger charge is 2.33. The van der Waals surface area contributed by atoms with Gasteiger partial charge in [-0.1, -0.05) is 12.8 Å². The third-order valence-corrected chi connectivity index (χ3v) is 6.66. The van der Waals surface area contributed by atoms with Crippen molar-refractivity contribution >= 4 is 40.7 Å². The van der Waals surface area contributed by atoms with Crippen LogP contribution in [0.3, 0.4) is 0 Å². The first-order chi connectivity index (χ1) is 15.4. The van der Waals surface area contributed by atoms with Crippen LogP contribution in [0.25, 0.3) is 0 Å². The summed E-state index contributed by atoms with van der Waals surface area (Å²) >= 11 is 5.57. The molecule has 174 valence electrons. The van der Waals surface area contributed by atoms with Crippen molar-refractivity contribution in [3.05, 3.63) is 24.0 Å². The van der Waals surface area contributed by atoms with Crippen LogP contribution in [-0.2, 0) is 9.53 Å². The summed E-state index contributed by atoms with van der Waals surface area (Å²) in [5.74, 6) is -0.564. The second kappa shape index (κ2) is 9.89. The predicted octanol–water partition coefficient (Wildman–Crippen LogP) is 2.23. The lowest BCUT2D eigenvalue weighted by atomic mass is 10.2. The zero-order valence-electron chi connectivity index (χ0n) is 18.3. The molecule has 8 nitrogen and oxygen atoms in total. The van der Waals surface area contributed by atoms with E-state index in [4.69, 9.17) is 17.0 Å². The first-order valence-electron chi connectivity index (χ1n) is 11.2. The summed E-state index contributed by atoms with van der Waals surface area (Å²) in [4.78, 5) is 28.8. The highest BCUT2D eigenvalue weighted by atomic mass is 32.1. The lowest BCUT2D eigenvalue weighted by molar-refractivity contribution is -0.119. The van der Waals surface area contributed by atoms with Gasteiger partial charge in [0.1, 0.15) is 11.9 Å². The first-order valence-corrected chi connectivity index (χ1v) is 11.6. The molecule has 0 aromatic heterocycles. The maximum Gasteiger partial charge on any atom is 0.414 e. The number of carbonyl (C=O) groups excluding carboxylic acids is 2. The fourth-order valence-corrected chi connectivity index (χ4v) is 4.85. The van der Waals surface area contributed by atoms with E-state index in [2.05, 4.69) is 15.5 Å². The van der Waals surface area contributed by atoms with E-state index in [1.54, 1.807) is 12.1 Å². The number of hydrogen-bond donors (Lipinski definition) is 2. The summed E-state index contributed by atoms with van der Waals surface area (Å²) in [6.45, 7) is 4.73. The number of rotatable bonds is 5. The number of thiocarbonyl (C=S) groups is 1. The summed E-state index contributed by atoms with van der Waals surface area (Å²) in [7, 11) is 0. The molecule has 0 bridgehead atoms. The Morgan fingerprint density at radius 2 is 1.94 bits per heavy atom. The number of hydrogen-bond acceptors (Lipinski definition) is 5. The van der Waals surface area contributed by atoms with E-state index >= 15 is 0 Å². The van der Waals surface area contributed by atoms with Gasteiger partial charge in [-0.3, -0.25) is 9.69 Å². The Morgan fingerprint density at radius 3 is 2.59 bits per heavy atom. The quantitative estimate of drug-likeness (QED) is 0.649. The number of nitrogens with zero attached hydrogens (tertiary/aromatic N) is 3. The van der Waals surface area contributed by atoms with Gasteiger partial charge in [0.2, 0.25) is 5.91 Å². The fourth-order valence-electron chi connectivity index (χ4n) is 4.50. The van der Waals surface area contributed by atoms with Gasteiger partial charge in [0.25, 0.3) is 0 Å². The molecule has 1 aromatic rings. The highest BCUT2D eigenvalue weighted by molar-refractivity contribution is 7.80. The molecule has 2 saturated heterocycles. The molecular weight excluding hydrogens is 433 g/mol. The van der Waals surface area contributed by atoms with Crippen LogP contribution in [0.1, 0.15) is 32.6 Å². The molecular formula is C22H30FN5O3S. The summed E-state index contributed by atoms with van der Waals surface area (Å²) in [5.41, 5.74) is 0.965. The second-order valence-corrected chi connectivity index (χ2v) is 8.98. The van der Waals surface area contributed by atoms with Crippen molar-refractivity contribution in [1.29, 1.82) is 0 Å². The Kier molecular flexibility index (Phi) is 6.98. The molecule has 1 atom stereocenters. The number of benzene rings is 1. The number of cyclic esters (lactones) is 1. The molecule has 0 unspecified atom stereocenters. The monoisotopic (exact) mass is 463 g/mol. The number of nitrogens with one attached hydrogen (secondary N) is 2. The molecule has 1 aromatic carbocycles. The van der Waals surface area contributed by atoms with Gasteiger partial charge >= 0.3 is 6.09 Å². The molecule has 2 aliphatic heterocycles. The number of amides is 2. The van der Waals surface area contributed by atoms with Crippen molar-refractivity contribution in [2.75, 3.05) is 49.1 Å².